The Morgan fingerprint density at radius 3 is 0.840 bits per heavy atom. The third kappa shape index (κ3) is 36.7. The first kappa shape index (κ1) is 48.9. The van der Waals surface area contributed by atoms with Crippen LogP contribution >= 0.6 is 0 Å². The molecule has 0 aromatic carbocycles. The van der Waals surface area contributed by atoms with Crippen LogP contribution in [-0.4, -0.2) is 22.2 Å². The molecule has 0 rings (SSSR count). The fraction of sp³-hybridized carbons (Fsp3) is 0.957. The topological polar surface area (TPSA) is 74.6 Å². The van der Waals surface area contributed by atoms with Crippen molar-refractivity contribution >= 4 is 11.9 Å². The lowest BCUT2D eigenvalue weighted by Crippen LogP contribution is -2.24. The molecular formula is C46H90O4. The third-order valence-corrected chi connectivity index (χ3v) is 11.4. The average Bonchev–Trinajstić information content (AvgIpc) is 3.10. The molecule has 4 nitrogen and oxygen atoms in total. The van der Waals surface area contributed by atoms with E-state index in [1.807, 2.05) is 0 Å². The summed E-state index contributed by atoms with van der Waals surface area (Å²) in [5, 5.41) is 19.2. The van der Waals surface area contributed by atoms with Gasteiger partial charge in [-0.3, -0.25) is 9.59 Å². The van der Waals surface area contributed by atoms with Crippen LogP contribution in [0.2, 0.25) is 0 Å². The van der Waals surface area contributed by atoms with E-state index >= 15 is 0 Å². The van der Waals surface area contributed by atoms with Crippen molar-refractivity contribution in [1.29, 1.82) is 0 Å². The highest BCUT2D eigenvalue weighted by Crippen LogP contribution is 2.30. The van der Waals surface area contributed by atoms with Gasteiger partial charge in [-0.1, -0.05) is 239 Å². The molecule has 0 aliphatic rings. The first-order chi connectivity index (χ1) is 24.5. The molecule has 0 amide bonds. The summed E-state index contributed by atoms with van der Waals surface area (Å²) >= 11 is 0. The molecule has 0 saturated heterocycles. The largest absolute Gasteiger partial charge is 0.481 e. The summed E-state index contributed by atoms with van der Waals surface area (Å²) in [4.78, 5) is 23.3. The standard InChI is InChI=1S/C46H90O4/c1-3-5-7-9-11-13-15-17-19-21-23-25-27-29-31-35-39-43(40-36-33-34-38-42-45(47)48)44(46(49)50)41-37-32-30-28-26-24-22-20-18-16-14-12-10-8-6-4-2/h43-44H,3-42H2,1-2H3,(H,47,48)(H,49,50). The van der Waals surface area contributed by atoms with Crippen molar-refractivity contribution in [3.8, 4) is 0 Å². The zero-order valence-electron chi connectivity index (χ0n) is 34.1. The molecule has 50 heavy (non-hydrogen) atoms. The van der Waals surface area contributed by atoms with Crippen molar-refractivity contribution < 1.29 is 19.8 Å². The van der Waals surface area contributed by atoms with E-state index in [-0.39, 0.29) is 18.3 Å². The van der Waals surface area contributed by atoms with Crippen LogP contribution < -0.4 is 0 Å². The van der Waals surface area contributed by atoms with E-state index in [2.05, 4.69) is 13.8 Å². The SMILES string of the molecule is CCCCCCCCCCCCCCCCCCC(CCCCCCC(=O)O)C(CCCCCCCCCCCCCCCCCC)C(=O)O. The highest BCUT2D eigenvalue weighted by molar-refractivity contribution is 5.70. The molecule has 0 aromatic heterocycles. The Hall–Kier alpha value is -1.06. The highest BCUT2D eigenvalue weighted by atomic mass is 16.4. The molecule has 0 aliphatic heterocycles. The Balaban J connectivity index is 4.16. The summed E-state index contributed by atoms with van der Waals surface area (Å²) in [5.41, 5.74) is 0. The molecule has 0 fully saturated rings. The zero-order valence-corrected chi connectivity index (χ0v) is 34.1. The maximum Gasteiger partial charge on any atom is 0.306 e. The van der Waals surface area contributed by atoms with Crippen molar-refractivity contribution in [2.24, 2.45) is 11.8 Å². The summed E-state index contributed by atoms with van der Waals surface area (Å²) in [6, 6.07) is 0. The van der Waals surface area contributed by atoms with Gasteiger partial charge in [0.05, 0.1) is 5.92 Å². The molecule has 0 heterocycles. The highest BCUT2D eigenvalue weighted by Gasteiger charge is 2.27. The molecule has 0 aliphatic carbocycles. The zero-order chi connectivity index (χ0) is 36.6. The predicted molar refractivity (Wildman–Crippen MR) is 218 cm³/mol. The van der Waals surface area contributed by atoms with Gasteiger partial charge in [-0.05, 0) is 31.6 Å². The van der Waals surface area contributed by atoms with Gasteiger partial charge in [0, 0.05) is 6.42 Å². The molecule has 0 aromatic rings. The number of unbranched alkanes of at least 4 members (excludes halogenated alkanes) is 33. The Labute approximate surface area is 313 Å². The van der Waals surface area contributed by atoms with Crippen molar-refractivity contribution in [2.45, 2.75) is 271 Å². The van der Waals surface area contributed by atoms with Gasteiger partial charge in [0.2, 0.25) is 0 Å². The number of hydrogen-bond acceptors (Lipinski definition) is 2. The molecule has 2 N–H and O–H groups in total. The molecule has 0 bridgehead atoms. The smallest absolute Gasteiger partial charge is 0.306 e. The van der Waals surface area contributed by atoms with Gasteiger partial charge in [0.15, 0.2) is 0 Å². The van der Waals surface area contributed by atoms with E-state index in [0.717, 1.165) is 57.8 Å². The summed E-state index contributed by atoms with van der Waals surface area (Å²) in [5.74, 6) is -1.23. The van der Waals surface area contributed by atoms with Gasteiger partial charge in [-0.2, -0.15) is 0 Å². The molecule has 4 heteroatoms. The van der Waals surface area contributed by atoms with E-state index in [0.29, 0.717) is 0 Å². The molecule has 298 valence electrons. The van der Waals surface area contributed by atoms with Gasteiger partial charge in [-0.25, -0.2) is 0 Å². The van der Waals surface area contributed by atoms with Crippen LogP contribution in [-0.2, 0) is 9.59 Å². The first-order valence-electron chi connectivity index (χ1n) is 23.0. The minimum Gasteiger partial charge on any atom is -0.481 e. The van der Waals surface area contributed by atoms with E-state index in [1.54, 1.807) is 0 Å². The van der Waals surface area contributed by atoms with Crippen LogP contribution in [0.3, 0.4) is 0 Å². The van der Waals surface area contributed by atoms with Crippen molar-refractivity contribution in [2.75, 3.05) is 0 Å². The van der Waals surface area contributed by atoms with Crippen LogP contribution in [0.4, 0.5) is 0 Å². The fourth-order valence-electron chi connectivity index (χ4n) is 8.01. The van der Waals surface area contributed by atoms with Crippen molar-refractivity contribution in [3.05, 3.63) is 0 Å². The summed E-state index contributed by atoms with van der Waals surface area (Å²) in [7, 11) is 0. The fourth-order valence-corrected chi connectivity index (χ4v) is 8.01. The summed E-state index contributed by atoms with van der Waals surface area (Å²) in [6.07, 6.45) is 50.2. The van der Waals surface area contributed by atoms with Crippen LogP contribution in [0, 0.1) is 11.8 Å². The minimum absolute atomic E-state index is 0.211. The van der Waals surface area contributed by atoms with Gasteiger partial charge < -0.3 is 10.2 Å². The van der Waals surface area contributed by atoms with Gasteiger partial charge >= 0.3 is 11.9 Å². The second-order valence-electron chi connectivity index (χ2n) is 16.2. The van der Waals surface area contributed by atoms with Gasteiger partial charge in [-0.15, -0.1) is 0 Å². The van der Waals surface area contributed by atoms with Gasteiger partial charge in [0.25, 0.3) is 0 Å². The molecule has 0 spiro atoms. The van der Waals surface area contributed by atoms with Crippen LogP contribution in [0.5, 0.6) is 0 Å². The third-order valence-electron chi connectivity index (χ3n) is 11.4. The molecule has 2 unspecified atom stereocenters. The molecule has 0 saturated carbocycles. The van der Waals surface area contributed by atoms with E-state index in [4.69, 9.17) is 5.11 Å². The number of carboxylic acids is 2. The van der Waals surface area contributed by atoms with Crippen LogP contribution in [0.15, 0.2) is 0 Å². The summed E-state index contributed by atoms with van der Waals surface area (Å²) < 4.78 is 0. The van der Waals surface area contributed by atoms with Crippen molar-refractivity contribution in [1.82, 2.24) is 0 Å². The van der Waals surface area contributed by atoms with Crippen molar-refractivity contribution in [3.63, 3.8) is 0 Å². The number of carboxylic acid groups (broad SMARTS) is 2. The first-order valence-corrected chi connectivity index (χ1v) is 23.0. The van der Waals surface area contributed by atoms with E-state index < -0.39 is 11.9 Å². The number of carbonyl (C=O) groups is 2. The Bertz CT molecular complexity index is 692. The molecular weight excluding hydrogens is 617 g/mol. The number of rotatable bonds is 43. The van der Waals surface area contributed by atoms with Crippen LogP contribution in [0.1, 0.15) is 271 Å². The monoisotopic (exact) mass is 707 g/mol. The van der Waals surface area contributed by atoms with Crippen LogP contribution in [0.25, 0.3) is 0 Å². The summed E-state index contributed by atoms with van der Waals surface area (Å²) in [6.45, 7) is 4.57. The second-order valence-corrected chi connectivity index (χ2v) is 16.2. The maximum absolute atomic E-state index is 12.4. The number of hydrogen-bond donors (Lipinski definition) is 2. The maximum atomic E-state index is 12.4. The quantitative estimate of drug-likeness (QED) is 0.0619. The normalized spacial score (nSPS) is 12.8. The lowest BCUT2D eigenvalue weighted by molar-refractivity contribution is -0.144. The molecule has 0 radical (unpaired) electrons. The molecule has 2 atom stereocenters. The number of aliphatic carboxylic acids is 2. The van der Waals surface area contributed by atoms with Gasteiger partial charge in [0.1, 0.15) is 0 Å². The Morgan fingerprint density at radius 2 is 0.580 bits per heavy atom. The Kier molecular flexibility index (Phi) is 39.8. The lowest BCUT2D eigenvalue weighted by Gasteiger charge is -2.24. The van der Waals surface area contributed by atoms with E-state index in [9.17, 15) is 14.7 Å². The minimum atomic E-state index is -0.712. The average molecular weight is 707 g/mol. The Morgan fingerprint density at radius 1 is 0.340 bits per heavy atom. The lowest BCUT2D eigenvalue weighted by atomic mass is 9.80. The predicted octanol–water partition coefficient (Wildman–Crippen LogP) is 16.0. The second kappa shape index (κ2) is 40.7. The van der Waals surface area contributed by atoms with E-state index in [1.165, 1.54) is 193 Å².